The second kappa shape index (κ2) is 1.68. The summed E-state index contributed by atoms with van der Waals surface area (Å²) in [7, 11) is 0. The van der Waals surface area contributed by atoms with Gasteiger partial charge in [-0.25, -0.2) is 9.59 Å². The van der Waals surface area contributed by atoms with Gasteiger partial charge in [-0.15, -0.1) is 5.01 Å². The second-order valence-electron chi connectivity index (χ2n) is 1.99. The Balaban J connectivity index is 2.12. The molecule has 2 heterocycles. The van der Waals surface area contributed by atoms with Crippen LogP contribution in [0.1, 0.15) is 0 Å². The van der Waals surface area contributed by atoms with Crippen molar-refractivity contribution in [1.29, 1.82) is 0 Å². The van der Waals surface area contributed by atoms with Gasteiger partial charge in [-0.1, -0.05) is 0 Å². The molecule has 54 valence electrons. The fourth-order valence-corrected chi connectivity index (χ4v) is 0.835. The van der Waals surface area contributed by atoms with Crippen LogP contribution in [0.3, 0.4) is 0 Å². The third kappa shape index (κ3) is 0.662. The number of fused-ring (bicyclic) bond motifs is 1. The molecule has 2 saturated heterocycles. The predicted molar refractivity (Wildman–Crippen MR) is 25.6 cm³/mol. The summed E-state index contributed by atoms with van der Waals surface area (Å²) in [5, 5.41) is 2.18. The number of carbonyl (C=O) groups excluding carboxylic acids is 2. The normalized spacial score (nSPS) is 26.4. The summed E-state index contributed by atoms with van der Waals surface area (Å²) >= 11 is 0. The van der Waals surface area contributed by atoms with Gasteiger partial charge in [0.25, 0.3) is 0 Å². The summed E-state index contributed by atoms with van der Waals surface area (Å²) in [5.41, 5.74) is 0. The van der Waals surface area contributed by atoms with E-state index in [1.165, 1.54) is 5.01 Å². The number of hydrogen-bond acceptors (Lipinski definition) is 6. The molecular formula is C4H4N2O4. The molecule has 0 aromatic carbocycles. The molecule has 2 rings (SSSR count). The highest BCUT2D eigenvalue weighted by Gasteiger charge is 2.41. The Morgan fingerprint density at radius 3 is 2.00 bits per heavy atom. The van der Waals surface area contributed by atoms with Crippen molar-refractivity contribution in [2.24, 2.45) is 0 Å². The monoisotopic (exact) mass is 144 g/mol. The molecule has 0 aromatic rings. The molecule has 0 saturated carbocycles. The smallest absolute Gasteiger partial charge is 0.317 e. The van der Waals surface area contributed by atoms with Crippen molar-refractivity contribution in [3.63, 3.8) is 0 Å². The molecular weight excluding hydrogens is 140 g/mol. The zero-order valence-electron chi connectivity index (χ0n) is 4.94. The quantitative estimate of drug-likeness (QED) is 0.410. The lowest BCUT2D eigenvalue weighted by Crippen LogP contribution is -2.26. The molecule has 2 aliphatic heterocycles. The van der Waals surface area contributed by atoms with E-state index in [0.29, 0.717) is 0 Å². The van der Waals surface area contributed by atoms with Crippen molar-refractivity contribution in [1.82, 2.24) is 10.3 Å². The van der Waals surface area contributed by atoms with E-state index in [-0.39, 0.29) is 13.1 Å². The van der Waals surface area contributed by atoms with Gasteiger partial charge in [0.1, 0.15) is 18.4 Å². The number of nitrogens with zero attached hydrogens (tertiary/aromatic N) is 2. The lowest BCUT2D eigenvalue weighted by atomic mass is 10.6. The van der Waals surface area contributed by atoms with Crippen LogP contribution < -0.4 is 0 Å². The van der Waals surface area contributed by atoms with E-state index in [4.69, 9.17) is 0 Å². The fraction of sp³-hybridized carbons (Fsp3) is 0.500. The van der Waals surface area contributed by atoms with Crippen LogP contribution in [-0.4, -0.2) is 35.4 Å². The Morgan fingerprint density at radius 1 is 1.10 bits per heavy atom. The highest BCUT2D eigenvalue weighted by Crippen LogP contribution is 2.15. The minimum absolute atomic E-state index is 0.0890. The molecule has 2 fully saturated rings. The third-order valence-corrected chi connectivity index (χ3v) is 1.21. The predicted octanol–water partition coefficient (Wildman–Crippen LogP) is -1.55. The van der Waals surface area contributed by atoms with Gasteiger partial charge in [-0.05, 0) is 0 Å². The molecule has 0 amide bonds. The van der Waals surface area contributed by atoms with Crippen molar-refractivity contribution in [3.05, 3.63) is 0 Å². The molecule has 0 atom stereocenters. The Morgan fingerprint density at radius 2 is 1.60 bits per heavy atom. The van der Waals surface area contributed by atoms with Gasteiger partial charge >= 0.3 is 11.9 Å². The first-order chi connectivity index (χ1) is 4.75. The molecule has 0 spiro atoms. The van der Waals surface area contributed by atoms with E-state index in [0.717, 1.165) is 5.34 Å². The van der Waals surface area contributed by atoms with Gasteiger partial charge in [0.05, 0.1) is 0 Å². The number of rotatable bonds is 0. The highest BCUT2D eigenvalue weighted by atomic mass is 17.0. The SMILES string of the molecule is O=C1CN2CC(=O)ON2O1. The van der Waals surface area contributed by atoms with Crippen LogP contribution in [0.5, 0.6) is 0 Å². The number of hydrogen-bond donors (Lipinski definition) is 0. The second-order valence-corrected chi connectivity index (χ2v) is 1.99. The van der Waals surface area contributed by atoms with E-state index < -0.39 is 11.9 Å². The van der Waals surface area contributed by atoms with Crippen molar-refractivity contribution < 1.29 is 19.3 Å². The topological polar surface area (TPSA) is 59.1 Å². The Hall–Kier alpha value is -1.14. The van der Waals surface area contributed by atoms with E-state index in [1.54, 1.807) is 0 Å². The lowest BCUT2D eigenvalue weighted by molar-refractivity contribution is -0.357. The zero-order chi connectivity index (χ0) is 7.14. The average molecular weight is 144 g/mol. The average Bonchev–Trinajstić information content (AvgIpc) is 2.21. The van der Waals surface area contributed by atoms with Crippen molar-refractivity contribution >= 4 is 11.9 Å². The van der Waals surface area contributed by atoms with Crippen LogP contribution in [0.25, 0.3) is 0 Å². The minimum Gasteiger partial charge on any atom is -0.317 e. The molecule has 10 heavy (non-hydrogen) atoms. The molecule has 6 heteroatoms. The summed E-state index contributed by atoms with van der Waals surface area (Å²) in [6.45, 7) is 0.178. The maximum Gasteiger partial charge on any atom is 0.346 e. The van der Waals surface area contributed by atoms with Crippen molar-refractivity contribution in [2.75, 3.05) is 13.1 Å². The van der Waals surface area contributed by atoms with Crippen LogP contribution in [0.4, 0.5) is 0 Å². The fourth-order valence-electron chi connectivity index (χ4n) is 0.835. The van der Waals surface area contributed by atoms with Gasteiger partial charge in [0.15, 0.2) is 0 Å². The highest BCUT2D eigenvalue weighted by molar-refractivity contribution is 5.77. The largest absolute Gasteiger partial charge is 0.346 e. The Labute approximate surface area is 55.8 Å². The number of hydrazine groups is 1. The van der Waals surface area contributed by atoms with E-state index >= 15 is 0 Å². The molecule has 0 N–H and O–H groups in total. The third-order valence-electron chi connectivity index (χ3n) is 1.21. The van der Waals surface area contributed by atoms with Crippen molar-refractivity contribution in [2.45, 2.75) is 0 Å². The van der Waals surface area contributed by atoms with Crippen LogP contribution >= 0.6 is 0 Å². The first-order valence-corrected chi connectivity index (χ1v) is 2.72. The van der Waals surface area contributed by atoms with Crippen LogP contribution in [0.15, 0.2) is 0 Å². The molecule has 0 bridgehead atoms. The van der Waals surface area contributed by atoms with Crippen LogP contribution in [0.2, 0.25) is 0 Å². The van der Waals surface area contributed by atoms with E-state index in [1.807, 2.05) is 0 Å². The number of carbonyl (C=O) groups is 2. The molecule has 0 unspecified atom stereocenters. The maximum absolute atomic E-state index is 10.5. The Kier molecular flexibility index (Phi) is 0.943. The van der Waals surface area contributed by atoms with Gasteiger partial charge < -0.3 is 9.68 Å². The molecule has 2 aliphatic rings. The lowest BCUT2D eigenvalue weighted by Gasteiger charge is -2.06. The van der Waals surface area contributed by atoms with Crippen molar-refractivity contribution in [3.8, 4) is 0 Å². The summed E-state index contributed by atoms with van der Waals surface area (Å²) in [6, 6.07) is 0. The molecule has 0 aromatic heterocycles. The van der Waals surface area contributed by atoms with E-state index in [9.17, 15) is 9.59 Å². The summed E-state index contributed by atoms with van der Waals surface area (Å²) in [5.74, 6) is -0.819. The zero-order valence-corrected chi connectivity index (χ0v) is 4.94. The Bertz CT molecular complexity index is 165. The van der Waals surface area contributed by atoms with Gasteiger partial charge in [-0.2, -0.15) is 0 Å². The standard InChI is InChI=1S/C4H4N2O4/c7-3-1-5-2-4(8)10-6(5)9-3/h1-2H2. The molecule has 0 aliphatic carbocycles. The minimum atomic E-state index is -0.410. The maximum atomic E-state index is 10.5. The first-order valence-electron chi connectivity index (χ1n) is 2.72. The van der Waals surface area contributed by atoms with Gasteiger partial charge in [0.2, 0.25) is 0 Å². The van der Waals surface area contributed by atoms with Gasteiger partial charge in [0, 0.05) is 0 Å². The van der Waals surface area contributed by atoms with Gasteiger partial charge in [-0.3, -0.25) is 0 Å². The molecule has 0 radical (unpaired) electrons. The first kappa shape index (κ1) is 5.63. The summed E-state index contributed by atoms with van der Waals surface area (Å²) in [6.07, 6.45) is 0. The van der Waals surface area contributed by atoms with E-state index in [2.05, 4.69) is 9.68 Å². The summed E-state index contributed by atoms with van der Waals surface area (Å²) < 4.78 is 0. The molecule has 6 nitrogen and oxygen atoms in total. The van der Waals surface area contributed by atoms with Crippen LogP contribution in [0, 0.1) is 0 Å². The van der Waals surface area contributed by atoms with Crippen LogP contribution in [-0.2, 0) is 19.3 Å². The summed E-state index contributed by atoms with van der Waals surface area (Å²) in [4.78, 5) is 29.8.